The molecule has 5 nitrogen and oxygen atoms in total. The predicted octanol–water partition coefficient (Wildman–Crippen LogP) is 0.390. The Morgan fingerprint density at radius 2 is 1.79 bits per heavy atom. The van der Waals surface area contributed by atoms with E-state index in [0.29, 0.717) is 0 Å². The van der Waals surface area contributed by atoms with Crippen LogP contribution in [0.1, 0.15) is 0 Å². The van der Waals surface area contributed by atoms with Gasteiger partial charge in [-0.3, -0.25) is 10.1 Å². The molecule has 0 fully saturated rings. The first-order valence-electron chi connectivity index (χ1n) is 3.05. The molecule has 0 bridgehead atoms. The Labute approximate surface area is 94.8 Å². The summed E-state index contributed by atoms with van der Waals surface area (Å²) < 4.78 is 0. The van der Waals surface area contributed by atoms with E-state index in [1.807, 2.05) is 0 Å². The molecule has 1 rings (SSSR count). The summed E-state index contributed by atoms with van der Waals surface area (Å²) in [5.41, 5.74) is -0.323. The summed E-state index contributed by atoms with van der Waals surface area (Å²) in [4.78, 5) is 12.4. The normalized spacial score (nSPS) is 8.64. The number of nitrogens with zero attached hydrogens (tertiary/aromatic N) is 3. The molecule has 0 heterocycles. The third-order valence-corrected chi connectivity index (χ3v) is 1.89. The van der Waals surface area contributed by atoms with Crippen LogP contribution in [-0.4, -0.2) is 4.92 Å². The van der Waals surface area contributed by atoms with Crippen LogP contribution in [0.3, 0.4) is 0 Å². The first-order chi connectivity index (χ1) is 6.06. The minimum atomic E-state index is -0.640. The minimum absolute atomic E-state index is 0. The fraction of sp³-hybridized carbons (Fsp3) is 0. The number of non-ortho nitro benzene ring substituents is 1. The van der Waals surface area contributed by atoms with Crippen LogP contribution in [-0.2, 0) is 0 Å². The molecule has 0 saturated heterocycles. The fourth-order valence-corrected chi connectivity index (χ4v) is 1.30. The van der Waals surface area contributed by atoms with Gasteiger partial charge >= 0.3 is 5.69 Å². The Morgan fingerprint density at radius 1 is 1.36 bits per heavy atom. The number of halogens is 3. The van der Waals surface area contributed by atoms with Gasteiger partial charge in [-0.05, 0) is 0 Å². The van der Waals surface area contributed by atoms with E-state index in [1.54, 1.807) is 0 Å². The third-order valence-electron chi connectivity index (χ3n) is 1.31. The summed E-state index contributed by atoms with van der Waals surface area (Å²) in [6.07, 6.45) is 0. The van der Waals surface area contributed by atoms with Crippen molar-refractivity contribution < 1.29 is 17.3 Å². The molecule has 74 valence electrons. The van der Waals surface area contributed by atoms with Gasteiger partial charge in [-0.25, -0.2) is 0 Å². The van der Waals surface area contributed by atoms with Gasteiger partial charge in [0.25, 0.3) is 5.69 Å². The number of benzene rings is 1. The van der Waals surface area contributed by atoms with Crippen LogP contribution in [0.15, 0.2) is 12.1 Å². The summed E-state index contributed by atoms with van der Waals surface area (Å²) in [5.74, 6) is 0. The van der Waals surface area contributed by atoms with E-state index < -0.39 is 4.92 Å². The second-order valence-corrected chi connectivity index (χ2v) is 2.93. The number of diazo groups is 1. The molecule has 8 heteroatoms. The van der Waals surface area contributed by atoms with Crippen molar-refractivity contribution in [2.75, 3.05) is 0 Å². The largest absolute Gasteiger partial charge is 1.00 e. The highest BCUT2D eigenvalue weighted by Crippen LogP contribution is 2.36. The lowest BCUT2D eigenvalue weighted by Gasteiger charge is -1.91. The fourth-order valence-electron chi connectivity index (χ4n) is 0.753. The van der Waals surface area contributed by atoms with Crippen molar-refractivity contribution in [3.8, 4) is 0 Å². The summed E-state index contributed by atoms with van der Waals surface area (Å²) in [6, 6.07) is 2.12. The molecule has 0 saturated carbocycles. The van der Waals surface area contributed by atoms with Crippen LogP contribution in [0.25, 0.3) is 4.98 Å². The molecule has 0 radical (unpaired) electrons. The molecule has 0 spiro atoms. The zero-order valence-electron chi connectivity index (χ0n) is 6.45. The number of nitro groups is 1. The summed E-state index contributed by atoms with van der Waals surface area (Å²) in [6.45, 7) is 0. The molecular formula is C6H2Cl3N3O2. The lowest BCUT2D eigenvalue weighted by molar-refractivity contribution is -0.384. The third kappa shape index (κ3) is 2.45. The maximum Gasteiger partial charge on any atom is 0.422 e. The molecule has 0 aliphatic heterocycles. The predicted molar refractivity (Wildman–Crippen MR) is 47.9 cm³/mol. The van der Waals surface area contributed by atoms with Gasteiger partial charge in [0, 0.05) is 12.1 Å². The van der Waals surface area contributed by atoms with Crippen molar-refractivity contribution in [3.05, 3.63) is 37.3 Å². The van der Waals surface area contributed by atoms with Crippen molar-refractivity contribution in [3.63, 3.8) is 0 Å². The van der Waals surface area contributed by atoms with Gasteiger partial charge < -0.3 is 12.4 Å². The van der Waals surface area contributed by atoms with Gasteiger partial charge in [-0.2, -0.15) is 0 Å². The smallest absolute Gasteiger partial charge is 0.422 e. The van der Waals surface area contributed by atoms with Crippen LogP contribution in [0.4, 0.5) is 11.4 Å². The van der Waals surface area contributed by atoms with Gasteiger partial charge in [-0.15, -0.1) is 0 Å². The van der Waals surface area contributed by atoms with Crippen molar-refractivity contribution >= 4 is 34.6 Å². The van der Waals surface area contributed by atoms with Crippen LogP contribution in [0.5, 0.6) is 0 Å². The second kappa shape index (κ2) is 4.96. The highest BCUT2D eigenvalue weighted by atomic mass is 35.5. The maximum absolute atomic E-state index is 10.3. The first kappa shape index (κ1) is 12.9. The average molecular weight is 254 g/mol. The molecule has 0 atom stereocenters. The maximum atomic E-state index is 10.3. The monoisotopic (exact) mass is 253 g/mol. The van der Waals surface area contributed by atoms with Crippen LogP contribution in [0, 0.1) is 15.5 Å². The standard InChI is InChI=1S/C6H2Cl2N3O2.ClH/c7-4-1-3(11(12)13)2-5(8)6(4)10-9;/h1-2H;1H/q+1;/p-1. The number of rotatable bonds is 1. The van der Waals surface area contributed by atoms with E-state index in [-0.39, 0.29) is 33.8 Å². The van der Waals surface area contributed by atoms with E-state index >= 15 is 0 Å². The number of hydrogen-bond acceptors (Lipinski definition) is 3. The Bertz CT molecular complexity index is 392. The molecule has 0 aliphatic carbocycles. The van der Waals surface area contributed by atoms with Crippen molar-refractivity contribution in [1.29, 1.82) is 5.39 Å². The summed E-state index contributed by atoms with van der Waals surface area (Å²) in [5, 5.41) is 18.6. The van der Waals surface area contributed by atoms with Crippen molar-refractivity contribution in [2.45, 2.75) is 0 Å². The molecule has 14 heavy (non-hydrogen) atoms. The van der Waals surface area contributed by atoms with Gasteiger partial charge in [0.1, 0.15) is 10.0 Å². The molecule has 0 aromatic heterocycles. The van der Waals surface area contributed by atoms with Gasteiger partial charge in [0.05, 0.1) is 4.92 Å². The van der Waals surface area contributed by atoms with Crippen molar-refractivity contribution in [2.24, 2.45) is 0 Å². The Morgan fingerprint density at radius 3 is 2.07 bits per heavy atom. The second-order valence-electron chi connectivity index (χ2n) is 2.12. The van der Waals surface area contributed by atoms with E-state index in [9.17, 15) is 10.1 Å². The number of hydrogen-bond donors (Lipinski definition) is 0. The quantitative estimate of drug-likeness (QED) is 0.413. The average Bonchev–Trinajstić information content (AvgIpc) is 2.03. The van der Waals surface area contributed by atoms with Crippen LogP contribution < -0.4 is 12.4 Å². The topological polar surface area (TPSA) is 71.3 Å². The summed E-state index contributed by atoms with van der Waals surface area (Å²) >= 11 is 11.1. The van der Waals surface area contributed by atoms with Gasteiger partial charge in [-0.1, -0.05) is 23.2 Å². The zero-order valence-corrected chi connectivity index (χ0v) is 8.71. The molecule has 1 aromatic carbocycles. The van der Waals surface area contributed by atoms with Crippen LogP contribution >= 0.6 is 23.2 Å². The lowest BCUT2D eigenvalue weighted by atomic mass is 10.3. The highest BCUT2D eigenvalue weighted by Gasteiger charge is 2.22. The Kier molecular flexibility index (Phi) is 4.57. The molecule has 0 N–H and O–H groups in total. The molecular weight excluding hydrogens is 252 g/mol. The minimum Gasteiger partial charge on any atom is -1.00 e. The van der Waals surface area contributed by atoms with E-state index in [1.165, 1.54) is 0 Å². The first-order valence-corrected chi connectivity index (χ1v) is 3.80. The van der Waals surface area contributed by atoms with E-state index in [2.05, 4.69) is 4.98 Å². The Balaban J connectivity index is 0.00000169. The van der Waals surface area contributed by atoms with Gasteiger partial charge in [0.2, 0.25) is 5.39 Å². The lowest BCUT2D eigenvalue weighted by Crippen LogP contribution is -3.00. The Hall–Kier alpha value is -1.09. The molecule has 0 amide bonds. The van der Waals surface area contributed by atoms with Crippen molar-refractivity contribution in [1.82, 2.24) is 0 Å². The molecule has 0 aliphatic rings. The summed E-state index contributed by atoms with van der Waals surface area (Å²) in [7, 11) is 0. The zero-order chi connectivity index (χ0) is 10.0. The highest BCUT2D eigenvalue weighted by molar-refractivity contribution is 6.39. The molecule has 1 aromatic rings. The SMILES string of the molecule is N#[N+]c1c(Cl)cc([N+](=O)[O-])cc1Cl.[Cl-]. The number of nitro benzene ring substituents is 1. The van der Waals surface area contributed by atoms with E-state index in [4.69, 9.17) is 28.6 Å². The van der Waals surface area contributed by atoms with Gasteiger partial charge in [0.15, 0.2) is 4.98 Å². The molecule has 0 unspecified atom stereocenters. The van der Waals surface area contributed by atoms with Crippen LogP contribution in [0.2, 0.25) is 10.0 Å². The van der Waals surface area contributed by atoms with E-state index in [0.717, 1.165) is 12.1 Å².